The van der Waals surface area contributed by atoms with E-state index in [1.807, 2.05) is 0 Å². The van der Waals surface area contributed by atoms with Crippen LogP contribution in [0.1, 0.15) is 0 Å². The summed E-state index contributed by atoms with van der Waals surface area (Å²) >= 11 is -5.25. The molecule has 0 aromatic heterocycles. The van der Waals surface area contributed by atoms with Crippen molar-refractivity contribution >= 4 is 19.8 Å². The van der Waals surface area contributed by atoms with Gasteiger partial charge in [-0.2, -0.15) is 0 Å². The molecule has 12 nitrogen and oxygen atoms in total. The van der Waals surface area contributed by atoms with Crippen molar-refractivity contribution in [1.82, 2.24) is 0 Å². The van der Waals surface area contributed by atoms with E-state index < -0.39 is 33.4 Å². The Bertz CT molecular complexity index is 330. The summed E-state index contributed by atoms with van der Waals surface area (Å²) in [5.41, 5.74) is 0. The molecule has 0 aromatic rings. The van der Waals surface area contributed by atoms with E-state index in [0.717, 1.165) is 0 Å². The van der Waals surface area contributed by atoms with Crippen molar-refractivity contribution in [3.8, 4) is 0 Å². The van der Waals surface area contributed by atoms with Gasteiger partial charge in [0.05, 0.1) is 0 Å². The fourth-order valence-corrected chi connectivity index (χ4v) is 0. The molecular formula is C2H7CrO12P. The number of carboxylic acids is 2. The molecule has 0 rings (SSSR count). The maximum atomic E-state index is 9.10. The molecule has 0 aromatic carbocycles. The monoisotopic (exact) mass is 306 g/mol. The first-order valence-corrected chi connectivity index (χ1v) is 6.33. The van der Waals surface area contributed by atoms with Crippen LogP contribution in [0.15, 0.2) is 0 Å². The molecule has 0 spiro atoms. The second kappa shape index (κ2) is 8.28. The molecule has 0 aliphatic heterocycles. The van der Waals surface area contributed by atoms with E-state index in [4.69, 9.17) is 55.0 Å². The summed E-state index contributed by atoms with van der Waals surface area (Å²) in [5, 5.41) is 14.8. The number of rotatable bonds is 0. The van der Waals surface area contributed by atoms with Crippen LogP contribution < -0.4 is 0 Å². The first kappa shape index (κ1) is 20.5. The summed E-state index contributed by atoms with van der Waals surface area (Å²) in [6.07, 6.45) is 0. The molecule has 0 aliphatic carbocycles. The van der Waals surface area contributed by atoms with Crippen molar-refractivity contribution in [1.29, 1.82) is 0 Å². The second-order valence-corrected chi connectivity index (χ2v) is 4.00. The molecule has 0 fully saturated rings. The number of hydrogen-bond donors (Lipinski definition) is 7. The Morgan fingerprint density at radius 2 is 0.938 bits per heavy atom. The van der Waals surface area contributed by atoms with Gasteiger partial charge in [-0.05, 0) is 0 Å². The molecule has 0 heterocycles. The maximum absolute atomic E-state index is 9.10. The van der Waals surface area contributed by atoms with E-state index in [1.54, 1.807) is 0 Å². The average Bonchev–Trinajstić information content (AvgIpc) is 1.77. The molecular weight excluding hydrogens is 299 g/mol. The van der Waals surface area contributed by atoms with Crippen molar-refractivity contribution in [3.63, 3.8) is 0 Å². The van der Waals surface area contributed by atoms with Gasteiger partial charge in [-0.1, -0.05) is 0 Å². The minimum absolute atomic E-state index is 1.82. The molecule has 0 saturated heterocycles. The first-order valence-electron chi connectivity index (χ1n) is 2.59. The summed E-state index contributed by atoms with van der Waals surface area (Å²) in [6.45, 7) is 0. The summed E-state index contributed by atoms with van der Waals surface area (Å²) in [7, 11) is -4.64. The molecule has 0 saturated carbocycles. The van der Waals surface area contributed by atoms with Crippen LogP contribution >= 0.6 is 7.82 Å². The standard InChI is InChI=1S/C2H2O4.Cr.H3O4P.2H2O.2O/c3-1(4)2(5)6;;1-5(2,3)4;;;;/h(H,3,4)(H,5,6);;(H3,1,2,3,4);2*1H2;;/q;+2;;;;;/p-2. The molecule has 14 heteroatoms. The van der Waals surface area contributed by atoms with Crippen LogP contribution in [0, 0.1) is 0 Å². The molecule has 0 amide bonds. The van der Waals surface area contributed by atoms with Crippen LogP contribution in [0.2, 0.25) is 0 Å². The summed E-state index contributed by atoms with van der Waals surface area (Å²) in [5.74, 6) is -3.65. The van der Waals surface area contributed by atoms with E-state index in [-0.39, 0.29) is 0 Å². The van der Waals surface area contributed by atoms with Crippen LogP contribution in [0.5, 0.6) is 0 Å². The third-order valence-corrected chi connectivity index (χ3v) is 0.183. The molecule has 7 N–H and O–H groups in total. The van der Waals surface area contributed by atoms with Gasteiger partial charge in [0.15, 0.2) is 0 Å². The minimum atomic E-state index is -5.25. The summed E-state index contributed by atoms with van der Waals surface area (Å²) < 4.78 is 40.8. The Kier molecular flexibility index (Phi) is 10.6. The van der Waals surface area contributed by atoms with Crippen molar-refractivity contribution in [2.24, 2.45) is 0 Å². The van der Waals surface area contributed by atoms with E-state index in [9.17, 15) is 0 Å². The number of hydrogen-bond acceptors (Lipinski definition) is 5. The van der Waals surface area contributed by atoms with Gasteiger partial charge in [-0.25, -0.2) is 14.2 Å². The number of phosphoric acid groups is 1. The Labute approximate surface area is 89.0 Å². The van der Waals surface area contributed by atoms with Crippen LogP contribution in [0.4, 0.5) is 0 Å². The Morgan fingerprint density at radius 1 is 0.875 bits per heavy atom. The van der Waals surface area contributed by atoms with Crippen molar-refractivity contribution in [2.75, 3.05) is 0 Å². The van der Waals surface area contributed by atoms with Gasteiger partial charge in [0.2, 0.25) is 0 Å². The Balaban J connectivity index is -0.000000160. The molecule has 16 heavy (non-hydrogen) atoms. The van der Waals surface area contributed by atoms with Crippen LogP contribution in [0.25, 0.3) is 0 Å². The molecule has 0 aliphatic rings. The van der Waals surface area contributed by atoms with Crippen LogP contribution in [0.3, 0.4) is 0 Å². The zero-order valence-electron chi connectivity index (χ0n) is 7.03. The third-order valence-electron chi connectivity index (χ3n) is 0.183. The zero-order chi connectivity index (χ0) is 14.2. The van der Waals surface area contributed by atoms with Gasteiger partial charge in [-0.3, -0.25) is 0 Å². The van der Waals surface area contributed by atoms with Gasteiger partial charge in [0.25, 0.3) is 0 Å². The predicted octanol–water partition coefficient (Wildman–Crippen LogP) is -3.13. The van der Waals surface area contributed by atoms with Gasteiger partial charge in [0.1, 0.15) is 0 Å². The summed E-state index contributed by atoms with van der Waals surface area (Å²) in [6, 6.07) is 0. The SMILES string of the molecule is O=C(O)C(=O)O.O=P(O)(O)O.[O]=[Cr](=[O])([OH])[OH]. The molecule has 0 bridgehead atoms. The fraction of sp³-hybridized carbons (Fsp3) is 0. The van der Waals surface area contributed by atoms with E-state index in [0.29, 0.717) is 0 Å². The van der Waals surface area contributed by atoms with Crippen LogP contribution in [-0.2, 0) is 35.4 Å². The quantitative estimate of drug-likeness (QED) is 0.174. The number of aliphatic carboxylic acids is 2. The Hall–Kier alpha value is -0.898. The van der Waals surface area contributed by atoms with E-state index in [2.05, 4.69) is 0 Å². The number of carbonyl (C=O) groups is 2. The molecule has 0 unspecified atom stereocenters. The van der Waals surface area contributed by atoms with E-state index >= 15 is 0 Å². The van der Waals surface area contributed by atoms with Gasteiger partial charge in [-0.15, -0.1) is 0 Å². The topological polar surface area (TPSA) is 227 Å². The average molecular weight is 306 g/mol. The third kappa shape index (κ3) is 199. The first-order chi connectivity index (χ1) is 6.64. The van der Waals surface area contributed by atoms with Crippen molar-refractivity contribution < 1.29 is 68.6 Å². The van der Waals surface area contributed by atoms with Gasteiger partial charge < -0.3 is 24.9 Å². The zero-order valence-corrected chi connectivity index (χ0v) is 9.20. The van der Waals surface area contributed by atoms with Gasteiger partial charge in [0, 0.05) is 0 Å². The predicted molar refractivity (Wildman–Crippen MR) is 35.3 cm³/mol. The fourth-order valence-electron chi connectivity index (χ4n) is 0. The number of carboxylic acid groups (broad SMARTS) is 2. The Morgan fingerprint density at radius 3 is 0.938 bits per heavy atom. The molecule has 98 valence electrons. The summed E-state index contributed by atoms with van der Waals surface area (Å²) in [4.78, 5) is 39.8. The van der Waals surface area contributed by atoms with Gasteiger partial charge >= 0.3 is 49.3 Å². The molecule has 0 radical (unpaired) electrons. The van der Waals surface area contributed by atoms with E-state index in [1.165, 1.54) is 0 Å². The van der Waals surface area contributed by atoms with Crippen molar-refractivity contribution in [3.05, 3.63) is 0 Å². The van der Waals surface area contributed by atoms with Crippen molar-refractivity contribution in [2.45, 2.75) is 0 Å². The second-order valence-electron chi connectivity index (χ2n) is 1.57. The molecule has 0 atom stereocenters. The van der Waals surface area contributed by atoms with Crippen LogP contribution in [-0.4, -0.2) is 45.1 Å². The normalized spacial score (nSPS) is 10.1.